The minimum Gasteiger partial charge on any atom is -0.480 e. The Bertz CT molecular complexity index is 879. The van der Waals surface area contributed by atoms with Gasteiger partial charge in [-0.3, -0.25) is 9.35 Å². The van der Waals surface area contributed by atoms with Crippen LogP contribution in [-0.4, -0.2) is 36.0 Å². The van der Waals surface area contributed by atoms with Gasteiger partial charge in [-0.25, -0.2) is 4.79 Å². The van der Waals surface area contributed by atoms with E-state index in [0.29, 0.717) is 0 Å². The molecule has 8 heteroatoms. The van der Waals surface area contributed by atoms with Crippen molar-refractivity contribution in [2.75, 3.05) is 0 Å². The molecule has 0 radical (unpaired) electrons. The Morgan fingerprint density at radius 3 is 2.24 bits per heavy atom. The first-order valence-corrected chi connectivity index (χ1v) is 8.80. The van der Waals surface area contributed by atoms with Gasteiger partial charge in [0.2, 0.25) is 0 Å². The van der Waals surface area contributed by atoms with E-state index in [1.165, 1.54) is 12.1 Å². The van der Waals surface area contributed by atoms with Crippen LogP contribution in [0.2, 0.25) is 0 Å². The van der Waals surface area contributed by atoms with Gasteiger partial charge >= 0.3 is 5.97 Å². The predicted octanol–water partition coefficient (Wildman–Crippen LogP) is 1.92. The largest absolute Gasteiger partial charge is 0.480 e. The fourth-order valence-electron chi connectivity index (χ4n) is 2.37. The lowest BCUT2D eigenvalue weighted by atomic mass is 9.93. The zero-order chi connectivity index (χ0) is 18.6. The highest BCUT2D eigenvalue weighted by Crippen LogP contribution is 2.20. The summed E-state index contributed by atoms with van der Waals surface area (Å²) in [6.45, 7) is 1.67. The Kier molecular flexibility index (Phi) is 5.55. The molecule has 0 aliphatic carbocycles. The smallest absolute Gasteiger partial charge is 0.326 e. The average Bonchev–Trinajstić information content (AvgIpc) is 2.58. The molecule has 0 saturated carbocycles. The molecule has 132 valence electrons. The highest BCUT2D eigenvalue weighted by molar-refractivity contribution is 7.85. The number of benzene rings is 2. The number of carboxylic acids is 1. The topological polar surface area (TPSA) is 121 Å². The van der Waals surface area contributed by atoms with Gasteiger partial charge in [0.25, 0.3) is 16.0 Å². The van der Waals surface area contributed by atoms with Crippen LogP contribution in [-0.2, 0) is 14.9 Å². The molecule has 2 aromatic carbocycles. The van der Waals surface area contributed by atoms with Gasteiger partial charge < -0.3 is 10.4 Å². The summed E-state index contributed by atoms with van der Waals surface area (Å²) in [5, 5.41) is 11.8. The van der Waals surface area contributed by atoms with Crippen LogP contribution in [0.1, 0.15) is 28.8 Å². The zero-order valence-corrected chi connectivity index (χ0v) is 14.1. The van der Waals surface area contributed by atoms with Gasteiger partial charge in [0, 0.05) is 11.5 Å². The molecule has 0 saturated heterocycles. The Labute approximate surface area is 145 Å². The number of hydrogen-bond acceptors (Lipinski definition) is 4. The fourth-order valence-corrected chi connectivity index (χ4v) is 2.90. The Balaban J connectivity index is 2.26. The van der Waals surface area contributed by atoms with Gasteiger partial charge in [-0.15, -0.1) is 0 Å². The van der Waals surface area contributed by atoms with Gasteiger partial charge in [0.1, 0.15) is 6.04 Å². The minimum absolute atomic E-state index is 0.0679. The second-order valence-corrected chi connectivity index (χ2v) is 6.91. The maximum absolute atomic E-state index is 12.3. The van der Waals surface area contributed by atoms with Crippen molar-refractivity contribution >= 4 is 22.0 Å². The molecule has 0 fully saturated rings. The van der Waals surface area contributed by atoms with Crippen molar-refractivity contribution < 1.29 is 27.7 Å². The van der Waals surface area contributed by atoms with Crippen LogP contribution in [0.15, 0.2) is 59.5 Å². The SMILES string of the molecule is CC(c1ccccc1)[C@H](NC(=O)c1cccc(S(=O)(=O)O)c1)C(=O)O. The molecular formula is C17H17NO6S. The highest BCUT2D eigenvalue weighted by atomic mass is 32.2. The summed E-state index contributed by atoms with van der Waals surface area (Å²) in [5.41, 5.74) is 0.670. The van der Waals surface area contributed by atoms with Crippen molar-refractivity contribution in [2.24, 2.45) is 0 Å². The van der Waals surface area contributed by atoms with E-state index < -0.39 is 38.8 Å². The summed E-state index contributed by atoms with van der Waals surface area (Å²) in [4.78, 5) is 23.4. The van der Waals surface area contributed by atoms with Crippen LogP contribution in [0.3, 0.4) is 0 Å². The van der Waals surface area contributed by atoms with Crippen molar-refractivity contribution in [3.63, 3.8) is 0 Å². The van der Waals surface area contributed by atoms with Crippen LogP contribution in [0.4, 0.5) is 0 Å². The van der Waals surface area contributed by atoms with Crippen molar-refractivity contribution in [3.05, 3.63) is 65.7 Å². The predicted molar refractivity (Wildman–Crippen MR) is 90.0 cm³/mol. The van der Waals surface area contributed by atoms with Crippen LogP contribution >= 0.6 is 0 Å². The first kappa shape index (κ1) is 18.6. The molecule has 0 aliphatic heterocycles. The van der Waals surface area contributed by atoms with E-state index >= 15 is 0 Å². The number of carbonyl (C=O) groups is 2. The molecule has 2 aromatic rings. The summed E-state index contributed by atoms with van der Waals surface area (Å²) in [7, 11) is -4.46. The standard InChI is InChI=1S/C17H17NO6S/c1-11(12-6-3-2-4-7-12)15(17(20)21)18-16(19)13-8-5-9-14(10-13)25(22,23)24/h2-11,15H,1H3,(H,18,19)(H,20,21)(H,22,23,24)/t11?,15-/m0/s1. The second kappa shape index (κ2) is 7.45. The Morgan fingerprint density at radius 1 is 1.04 bits per heavy atom. The van der Waals surface area contributed by atoms with E-state index in [0.717, 1.165) is 17.7 Å². The number of nitrogens with one attached hydrogen (secondary N) is 1. The second-order valence-electron chi connectivity index (χ2n) is 5.49. The van der Waals surface area contributed by atoms with Gasteiger partial charge in [-0.1, -0.05) is 43.3 Å². The fraction of sp³-hybridized carbons (Fsp3) is 0.176. The zero-order valence-electron chi connectivity index (χ0n) is 13.3. The molecule has 0 spiro atoms. The third-order valence-electron chi connectivity index (χ3n) is 3.77. The van der Waals surface area contributed by atoms with E-state index in [9.17, 15) is 23.1 Å². The first-order chi connectivity index (χ1) is 11.7. The summed E-state index contributed by atoms with van der Waals surface area (Å²) >= 11 is 0. The highest BCUT2D eigenvalue weighted by Gasteiger charge is 2.28. The maximum atomic E-state index is 12.3. The summed E-state index contributed by atoms with van der Waals surface area (Å²) < 4.78 is 31.4. The molecule has 1 unspecified atom stereocenters. The van der Waals surface area contributed by atoms with E-state index in [1.807, 2.05) is 0 Å². The molecule has 0 heterocycles. The van der Waals surface area contributed by atoms with E-state index in [2.05, 4.69) is 5.32 Å². The van der Waals surface area contributed by atoms with Gasteiger partial charge in [0.15, 0.2) is 0 Å². The molecule has 2 atom stereocenters. The van der Waals surface area contributed by atoms with Gasteiger partial charge in [-0.2, -0.15) is 8.42 Å². The minimum atomic E-state index is -4.46. The number of hydrogen-bond donors (Lipinski definition) is 3. The van der Waals surface area contributed by atoms with Crippen molar-refractivity contribution in [2.45, 2.75) is 23.8 Å². The third-order valence-corrected chi connectivity index (χ3v) is 4.62. The van der Waals surface area contributed by atoms with Gasteiger partial charge in [0.05, 0.1) is 4.90 Å². The Morgan fingerprint density at radius 2 is 1.68 bits per heavy atom. The van der Waals surface area contributed by atoms with Crippen LogP contribution in [0.5, 0.6) is 0 Å². The molecule has 7 nitrogen and oxygen atoms in total. The van der Waals surface area contributed by atoms with Crippen molar-refractivity contribution in [1.29, 1.82) is 0 Å². The molecule has 0 bridgehead atoms. The monoisotopic (exact) mass is 363 g/mol. The lowest BCUT2D eigenvalue weighted by molar-refractivity contribution is -0.139. The summed E-state index contributed by atoms with van der Waals surface area (Å²) in [5.74, 6) is -2.47. The molecule has 0 aliphatic rings. The van der Waals surface area contributed by atoms with Crippen LogP contribution in [0.25, 0.3) is 0 Å². The first-order valence-electron chi connectivity index (χ1n) is 7.36. The molecule has 0 aromatic heterocycles. The van der Waals surface area contributed by atoms with E-state index in [4.69, 9.17) is 4.55 Å². The Hall–Kier alpha value is -2.71. The van der Waals surface area contributed by atoms with Crippen molar-refractivity contribution in [3.8, 4) is 0 Å². The lowest BCUT2D eigenvalue weighted by Gasteiger charge is -2.22. The average molecular weight is 363 g/mol. The number of aliphatic carboxylic acids is 1. The number of carboxylic acid groups (broad SMARTS) is 1. The van der Waals surface area contributed by atoms with E-state index in [1.54, 1.807) is 37.3 Å². The van der Waals surface area contributed by atoms with E-state index in [-0.39, 0.29) is 5.56 Å². The van der Waals surface area contributed by atoms with Crippen LogP contribution < -0.4 is 5.32 Å². The number of rotatable bonds is 6. The quantitative estimate of drug-likeness (QED) is 0.674. The maximum Gasteiger partial charge on any atom is 0.326 e. The molecule has 3 N–H and O–H groups in total. The normalized spacial score (nSPS) is 13.7. The third kappa shape index (κ3) is 4.65. The van der Waals surface area contributed by atoms with Crippen molar-refractivity contribution in [1.82, 2.24) is 5.32 Å². The summed E-state index contributed by atoms with van der Waals surface area (Å²) in [6, 6.07) is 12.4. The molecule has 25 heavy (non-hydrogen) atoms. The molecule has 2 rings (SSSR count). The van der Waals surface area contributed by atoms with Crippen LogP contribution in [0, 0.1) is 0 Å². The summed E-state index contributed by atoms with van der Waals surface area (Å²) in [6.07, 6.45) is 0. The van der Waals surface area contributed by atoms with Gasteiger partial charge in [-0.05, 0) is 23.8 Å². The molecular weight excluding hydrogens is 346 g/mol. The number of amides is 1. The molecule has 1 amide bonds. The number of carbonyl (C=O) groups excluding carboxylic acids is 1. The lowest BCUT2D eigenvalue weighted by Crippen LogP contribution is -2.44.